The number of unbranched alkanes of at least 4 members (excludes halogenated alkanes) is 3. The predicted octanol–water partition coefficient (Wildman–Crippen LogP) is 6.81. The Morgan fingerprint density at radius 3 is 2.23 bits per heavy atom. The van der Waals surface area contributed by atoms with E-state index in [4.69, 9.17) is 9.47 Å². The van der Waals surface area contributed by atoms with E-state index in [0.717, 1.165) is 56.3 Å². The summed E-state index contributed by atoms with van der Waals surface area (Å²) in [6.45, 7) is 7.36. The van der Waals surface area contributed by atoms with Crippen LogP contribution in [0.3, 0.4) is 0 Å². The number of piperidine rings is 1. The first-order valence-electron chi connectivity index (χ1n) is 13.5. The van der Waals surface area contributed by atoms with Gasteiger partial charge in [0.2, 0.25) is 0 Å². The highest BCUT2D eigenvalue weighted by Gasteiger charge is 2.30. The molecule has 0 spiro atoms. The number of pyridine rings is 1. The number of alkyl carbamates (subject to hydrolysis) is 1. The Morgan fingerprint density at radius 2 is 1.64 bits per heavy atom. The maximum atomic E-state index is 12.8. The molecule has 1 saturated heterocycles. The molecule has 3 rings (SSSR count). The van der Waals surface area contributed by atoms with Crippen LogP contribution in [0.4, 0.5) is 23.7 Å². The fourth-order valence-corrected chi connectivity index (χ4v) is 4.30. The number of Topliss-reactive ketones (excluding diaryl/α,β-unsaturated/α-hetero) is 1. The number of ketones is 1. The molecule has 1 aliphatic rings. The van der Waals surface area contributed by atoms with Crippen molar-refractivity contribution in [2.45, 2.75) is 83.6 Å². The standard InChI is InChI=1S/C29H38F3N3O4/c1-28(2,3)39-27(37)33-17-7-5-4-6-8-26(36)25-14-13-24(20-34-25)38-23-15-18-35(19-16-23)22-11-9-21(10-12-22)29(30,31)32/h9-14,20,23H,4-8,15-19H2,1-3H3,(H,33,37). The van der Waals surface area contributed by atoms with Crippen LogP contribution in [0.15, 0.2) is 42.6 Å². The quantitative estimate of drug-likeness (QED) is 0.245. The second-order valence-electron chi connectivity index (χ2n) is 10.7. The fraction of sp³-hybridized carbons (Fsp3) is 0.552. The van der Waals surface area contributed by atoms with E-state index >= 15 is 0 Å². The summed E-state index contributed by atoms with van der Waals surface area (Å²) in [6.07, 6.45) is 2.02. The number of ether oxygens (including phenoxy) is 2. The van der Waals surface area contributed by atoms with Crippen LogP contribution in [-0.4, -0.2) is 48.2 Å². The third-order valence-corrected chi connectivity index (χ3v) is 6.33. The molecule has 1 aliphatic heterocycles. The van der Waals surface area contributed by atoms with E-state index in [0.29, 0.717) is 37.5 Å². The number of halogens is 3. The van der Waals surface area contributed by atoms with Crippen molar-refractivity contribution in [1.82, 2.24) is 10.3 Å². The number of rotatable bonds is 11. The van der Waals surface area contributed by atoms with Crippen molar-refractivity contribution >= 4 is 17.6 Å². The third kappa shape index (κ3) is 10.4. The van der Waals surface area contributed by atoms with Crippen molar-refractivity contribution in [1.29, 1.82) is 0 Å². The van der Waals surface area contributed by atoms with Gasteiger partial charge in [-0.1, -0.05) is 12.8 Å². The van der Waals surface area contributed by atoms with Gasteiger partial charge in [0.1, 0.15) is 23.1 Å². The molecular formula is C29H38F3N3O4. The molecule has 1 aromatic heterocycles. The summed E-state index contributed by atoms with van der Waals surface area (Å²) in [6, 6.07) is 8.67. The minimum Gasteiger partial charge on any atom is -0.489 e. The Morgan fingerprint density at radius 1 is 0.974 bits per heavy atom. The number of hydrogen-bond acceptors (Lipinski definition) is 6. The SMILES string of the molecule is CC(C)(C)OC(=O)NCCCCCCC(=O)c1ccc(OC2CCN(c3ccc(C(F)(F)F)cc3)CC2)cn1. The van der Waals surface area contributed by atoms with Crippen LogP contribution >= 0.6 is 0 Å². The van der Waals surface area contributed by atoms with Crippen LogP contribution in [0.25, 0.3) is 0 Å². The van der Waals surface area contributed by atoms with E-state index < -0.39 is 23.4 Å². The summed E-state index contributed by atoms with van der Waals surface area (Å²) in [5.74, 6) is 0.579. The molecule has 0 saturated carbocycles. The summed E-state index contributed by atoms with van der Waals surface area (Å²) in [5.41, 5.74) is 0.0137. The molecule has 1 fully saturated rings. The van der Waals surface area contributed by atoms with E-state index in [1.165, 1.54) is 12.1 Å². The molecule has 39 heavy (non-hydrogen) atoms. The largest absolute Gasteiger partial charge is 0.489 e. The van der Waals surface area contributed by atoms with Gasteiger partial charge in [0.25, 0.3) is 0 Å². The van der Waals surface area contributed by atoms with Gasteiger partial charge in [-0.2, -0.15) is 13.2 Å². The van der Waals surface area contributed by atoms with Crippen LogP contribution in [0, 0.1) is 0 Å². The Hall–Kier alpha value is -3.30. The van der Waals surface area contributed by atoms with Crippen molar-refractivity contribution in [2.24, 2.45) is 0 Å². The van der Waals surface area contributed by atoms with Gasteiger partial charge in [-0.05, 0) is 70.0 Å². The lowest BCUT2D eigenvalue weighted by Crippen LogP contribution is -2.38. The highest BCUT2D eigenvalue weighted by Crippen LogP contribution is 2.31. The van der Waals surface area contributed by atoms with Gasteiger partial charge in [-0.25, -0.2) is 9.78 Å². The molecule has 1 N–H and O–H groups in total. The number of benzene rings is 1. The number of nitrogens with one attached hydrogen (secondary N) is 1. The molecule has 0 unspecified atom stereocenters. The molecule has 2 heterocycles. The lowest BCUT2D eigenvalue weighted by Gasteiger charge is -2.33. The average molecular weight is 550 g/mol. The van der Waals surface area contributed by atoms with E-state index in [9.17, 15) is 22.8 Å². The first-order chi connectivity index (χ1) is 18.4. The normalized spacial score (nSPS) is 14.7. The van der Waals surface area contributed by atoms with Crippen LogP contribution < -0.4 is 15.0 Å². The minimum absolute atomic E-state index is 0.0155. The summed E-state index contributed by atoms with van der Waals surface area (Å²) < 4.78 is 49.6. The number of amides is 1. The van der Waals surface area contributed by atoms with Crippen molar-refractivity contribution in [3.63, 3.8) is 0 Å². The maximum absolute atomic E-state index is 12.8. The number of carbonyl (C=O) groups excluding carboxylic acids is 2. The van der Waals surface area contributed by atoms with Crippen LogP contribution in [0.1, 0.15) is 81.8 Å². The zero-order chi connectivity index (χ0) is 28.5. The smallest absolute Gasteiger partial charge is 0.416 e. The minimum atomic E-state index is -4.34. The molecule has 1 aromatic carbocycles. The lowest BCUT2D eigenvalue weighted by molar-refractivity contribution is -0.137. The number of anilines is 1. The molecule has 1 amide bonds. The highest BCUT2D eigenvalue weighted by molar-refractivity contribution is 5.94. The third-order valence-electron chi connectivity index (χ3n) is 6.33. The van der Waals surface area contributed by atoms with E-state index in [1.54, 1.807) is 18.3 Å². The van der Waals surface area contributed by atoms with Gasteiger partial charge >= 0.3 is 12.3 Å². The van der Waals surface area contributed by atoms with Crippen molar-refractivity contribution in [3.05, 3.63) is 53.9 Å². The van der Waals surface area contributed by atoms with Crippen molar-refractivity contribution in [3.8, 4) is 5.75 Å². The second-order valence-corrected chi connectivity index (χ2v) is 10.7. The van der Waals surface area contributed by atoms with Gasteiger partial charge in [0.05, 0.1) is 11.8 Å². The number of carbonyl (C=O) groups is 2. The zero-order valence-corrected chi connectivity index (χ0v) is 22.9. The van der Waals surface area contributed by atoms with Crippen LogP contribution in [0.5, 0.6) is 5.75 Å². The molecule has 0 bridgehead atoms. The van der Waals surface area contributed by atoms with Gasteiger partial charge in [0, 0.05) is 44.6 Å². The monoisotopic (exact) mass is 549 g/mol. The number of alkyl halides is 3. The number of hydrogen-bond donors (Lipinski definition) is 1. The van der Waals surface area contributed by atoms with Crippen LogP contribution in [-0.2, 0) is 10.9 Å². The Kier molecular flexibility index (Phi) is 10.6. The Bertz CT molecular complexity index is 1060. The topological polar surface area (TPSA) is 80.8 Å². The highest BCUT2D eigenvalue weighted by atomic mass is 19.4. The van der Waals surface area contributed by atoms with Gasteiger partial charge in [0.15, 0.2) is 5.78 Å². The lowest BCUT2D eigenvalue weighted by atomic mass is 10.1. The van der Waals surface area contributed by atoms with Gasteiger partial charge in [-0.15, -0.1) is 0 Å². The Balaban J connectivity index is 1.31. The first kappa shape index (κ1) is 30.2. The predicted molar refractivity (Wildman–Crippen MR) is 143 cm³/mol. The fourth-order valence-electron chi connectivity index (χ4n) is 4.30. The summed E-state index contributed by atoms with van der Waals surface area (Å²) in [4.78, 5) is 30.4. The summed E-state index contributed by atoms with van der Waals surface area (Å²) >= 11 is 0. The van der Waals surface area contributed by atoms with Crippen molar-refractivity contribution in [2.75, 3.05) is 24.5 Å². The molecule has 214 valence electrons. The first-order valence-corrected chi connectivity index (χ1v) is 13.5. The molecule has 0 radical (unpaired) electrons. The van der Waals surface area contributed by atoms with Crippen molar-refractivity contribution < 1.29 is 32.2 Å². The number of aromatic nitrogens is 1. The molecule has 0 atom stereocenters. The molecular weight excluding hydrogens is 511 g/mol. The number of nitrogens with zero attached hydrogens (tertiary/aromatic N) is 2. The van der Waals surface area contributed by atoms with E-state index in [-0.39, 0.29) is 11.9 Å². The van der Waals surface area contributed by atoms with Gasteiger partial charge < -0.3 is 19.7 Å². The Labute approximate surface area is 228 Å². The molecule has 2 aromatic rings. The zero-order valence-electron chi connectivity index (χ0n) is 22.9. The molecule has 7 nitrogen and oxygen atoms in total. The maximum Gasteiger partial charge on any atom is 0.416 e. The summed E-state index contributed by atoms with van der Waals surface area (Å²) in [5, 5.41) is 2.73. The van der Waals surface area contributed by atoms with E-state index in [1.807, 2.05) is 20.8 Å². The molecule has 0 aliphatic carbocycles. The van der Waals surface area contributed by atoms with Crippen LogP contribution in [0.2, 0.25) is 0 Å². The summed E-state index contributed by atoms with van der Waals surface area (Å²) in [7, 11) is 0. The van der Waals surface area contributed by atoms with Gasteiger partial charge in [-0.3, -0.25) is 4.79 Å². The van der Waals surface area contributed by atoms with E-state index in [2.05, 4.69) is 15.2 Å². The molecule has 10 heteroatoms. The average Bonchev–Trinajstić information content (AvgIpc) is 2.87. The second kappa shape index (κ2) is 13.7.